The van der Waals surface area contributed by atoms with Crippen LogP contribution in [0, 0.1) is 0 Å². The molecule has 2 N–H and O–H groups in total. The fraction of sp³-hybridized carbons (Fsp3) is 0.385. The predicted molar refractivity (Wildman–Crippen MR) is 73.8 cm³/mol. The number of thioether (sulfide) groups is 1. The van der Waals surface area contributed by atoms with Crippen LogP contribution in [0.2, 0.25) is 0 Å². The van der Waals surface area contributed by atoms with E-state index in [2.05, 4.69) is 4.99 Å². The van der Waals surface area contributed by atoms with Gasteiger partial charge in [0.05, 0.1) is 6.61 Å². The van der Waals surface area contributed by atoms with Gasteiger partial charge >= 0.3 is 5.97 Å². The molecule has 1 aromatic carbocycles. The van der Waals surface area contributed by atoms with Crippen LogP contribution in [0.1, 0.15) is 19.4 Å². The quantitative estimate of drug-likeness (QED) is 0.827. The van der Waals surface area contributed by atoms with E-state index in [9.17, 15) is 15.0 Å². The molecule has 0 saturated carbocycles. The molecular weight excluding hydrogens is 266 g/mol. The van der Waals surface area contributed by atoms with Gasteiger partial charge in [0, 0.05) is 17.4 Å². The van der Waals surface area contributed by atoms with Gasteiger partial charge in [-0.3, -0.25) is 4.99 Å². The Morgan fingerprint density at radius 2 is 2.26 bits per heavy atom. The third-order valence-electron chi connectivity index (χ3n) is 2.77. The monoisotopic (exact) mass is 281 g/mol. The summed E-state index contributed by atoms with van der Waals surface area (Å²) in [6.07, 6.45) is 0. The van der Waals surface area contributed by atoms with Crippen LogP contribution < -0.4 is 0 Å². The number of aliphatic imine (C=N–C) groups is 1. The minimum absolute atomic E-state index is 0.0157. The SMILES string of the molecule is CCOC(=O)C1(C)CSC(c2ccc(O)cc2O)=N1. The molecule has 1 aromatic rings. The normalized spacial score (nSPS) is 22.1. The predicted octanol–water partition coefficient (Wildman–Crippen LogP) is 1.91. The first-order chi connectivity index (χ1) is 8.96. The number of ether oxygens (including phenoxy) is 1. The Morgan fingerprint density at radius 1 is 1.53 bits per heavy atom. The molecule has 0 aliphatic carbocycles. The first kappa shape index (κ1) is 13.7. The zero-order valence-electron chi connectivity index (χ0n) is 10.7. The summed E-state index contributed by atoms with van der Waals surface area (Å²) >= 11 is 1.38. The molecule has 1 heterocycles. The van der Waals surface area contributed by atoms with E-state index >= 15 is 0 Å². The van der Waals surface area contributed by atoms with E-state index in [1.807, 2.05) is 0 Å². The van der Waals surface area contributed by atoms with Gasteiger partial charge in [0.2, 0.25) is 0 Å². The molecule has 1 aliphatic heterocycles. The lowest BCUT2D eigenvalue weighted by Gasteiger charge is -2.16. The van der Waals surface area contributed by atoms with Crippen molar-refractivity contribution in [1.29, 1.82) is 0 Å². The third kappa shape index (κ3) is 2.68. The van der Waals surface area contributed by atoms with E-state index in [1.54, 1.807) is 19.9 Å². The molecule has 1 atom stereocenters. The maximum absolute atomic E-state index is 11.8. The number of hydrogen-bond donors (Lipinski definition) is 2. The van der Waals surface area contributed by atoms with Gasteiger partial charge in [-0.2, -0.15) is 0 Å². The van der Waals surface area contributed by atoms with Crippen LogP contribution in [0.4, 0.5) is 0 Å². The van der Waals surface area contributed by atoms with Gasteiger partial charge in [-0.15, -0.1) is 11.8 Å². The van der Waals surface area contributed by atoms with Crippen LogP contribution in [-0.4, -0.2) is 39.1 Å². The van der Waals surface area contributed by atoms with Crippen LogP contribution in [0.15, 0.2) is 23.2 Å². The molecular formula is C13H15NO4S. The zero-order valence-corrected chi connectivity index (χ0v) is 11.5. The number of rotatable bonds is 3. The number of carbonyl (C=O) groups is 1. The molecule has 0 fully saturated rings. The molecule has 5 nitrogen and oxygen atoms in total. The van der Waals surface area contributed by atoms with E-state index in [-0.39, 0.29) is 17.5 Å². The molecule has 102 valence electrons. The molecule has 0 radical (unpaired) electrons. The van der Waals surface area contributed by atoms with Crippen LogP contribution in [0.25, 0.3) is 0 Å². The first-order valence-electron chi connectivity index (χ1n) is 5.88. The number of phenols is 2. The standard InChI is InChI=1S/C13H15NO4S/c1-3-18-12(17)13(2)7-19-11(14-13)9-5-4-8(15)6-10(9)16/h4-6,15-16H,3,7H2,1-2H3. The molecule has 0 saturated heterocycles. The second-order valence-electron chi connectivity index (χ2n) is 4.40. The molecule has 19 heavy (non-hydrogen) atoms. The van der Waals surface area contributed by atoms with Crippen molar-refractivity contribution in [2.75, 3.05) is 12.4 Å². The lowest BCUT2D eigenvalue weighted by molar-refractivity contribution is -0.147. The fourth-order valence-corrected chi connectivity index (χ4v) is 2.92. The summed E-state index contributed by atoms with van der Waals surface area (Å²) in [5, 5.41) is 19.6. The Morgan fingerprint density at radius 3 is 2.89 bits per heavy atom. The summed E-state index contributed by atoms with van der Waals surface area (Å²) in [4.78, 5) is 16.2. The highest BCUT2D eigenvalue weighted by Crippen LogP contribution is 2.35. The van der Waals surface area contributed by atoms with Gasteiger partial charge in [0.15, 0.2) is 5.54 Å². The van der Waals surface area contributed by atoms with Crippen molar-refractivity contribution in [3.8, 4) is 11.5 Å². The van der Waals surface area contributed by atoms with E-state index in [0.717, 1.165) is 0 Å². The van der Waals surface area contributed by atoms with Crippen molar-refractivity contribution in [2.24, 2.45) is 4.99 Å². The van der Waals surface area contributed by atoms with Crippen LogP contribution in [0.3, 0.4) is 0 Å². The number of carbonyl (C=O) groups excluding carboxylic acids is 1. The smallest absolute Gasteiger partial charge is 0.334 e. The summed E-state index contributed by atoms with van der Waals surface area (Å²) in [5.41, 5.74) is -0.406. The summed E-state index contributed by atoms with van der Waals surface area (Å²) < 4.78 is 5.00. The Balaban J connectivity index is 2.30. The Kier molecular flexibility index (Phi) is 3.71. The minimum Gasteiger partial charge on any atom is -0.508 e. The van der Waals surface area contributed by atoms with Gasteiger partial charge < -0.3 is 14.9 Å². The first-order valence-corrected chi connectivity index (χ1v) is 6.87. The lowest BCUT2D eigenvalue weighted by atomic mass is 10.1. The van der Waals surface area contributed by atoms with Crippen molar-refractivity contribution in [2.45, 2.75) is 19.4 Å². The Hall–Kier alpha value is -1.69. The Bertz CT molecular complexity index is 543. The van der Waals surface area contributed by atoms with Crippen molar-refractivity contribution in [3.63, 3.8) is 0 Å². The largest absolute Gasteiger partial charge is 0.508 e. The van der Waals surface area contributed by atoms with Crippen molar-refractivity contribution in [3.05, 3.63) is 23.8 Å². The average Bonchev–Trinajstić information content (AvgIpc) is 2.73. The van der Waals surface area contributed by atoms with Crippen LogP contribution >= 0.6 is 11.8 Å². The molecule has 1 unspecified atom stereocenters. The third-order valence-corrected chi connectivity index (χ3v) is 4.06. The summed E-state index contributed by atoms with van der Waals surface area (Å²) in [6, 6.07) is 4.30. The van der Waals surface area contributed by atoms with Crippen LogP contribution in [0.5, 0.6) is 11.5 Å². The number of nitrogens with zero attached hydrogens (tertiary/aromatic N) is 1. The van der Waals surface area contributed by atoms with Crippen molar-refractivity contribution >= 4 is 22.8 Å². The average molecular weight is 281 g/mol. The molecule has 0 bridgehead atoms. The van der Waals surface area contributed by atoms with Gasteiger partial charge in [-0.25, -0.2) is 4.79 Å². The number of hydrogen-bond acceptors (Lipinski definition) is 6. The molecule has 0 aromatic heterocycles. The van der Waals surface area contributed by atoms with E-state index in [4.69, 9.17) is 4.74 Å². The van der Waals surface area contributed by atoms with Gasteiger partial charge in [0.1, 0.15) is 16.5 Å². The molecule has 0 amide bonds. The fourth-order valence-electron chi connectivity index (χ4n) is 1.73. The zero-order chi connectivity index (χ0) is 14.0. The molecule has 6 heteroatoms. The Labute approximate surface area is 115 Å². The summed E-state index contributed by atoms with van der Waals surface area (Å²) in [7, 11) is 0. The molecule has 1 aliphatic rings. The molecule has 0 spiro atoms. The van der Waals surface area contributed by atoms with Gasteiger partial charge in [-0.1, -0.05) is 0 Å². The van der Waals surface area contributed by atoms with E-state index < -0.39 is 5.54 Å². The topological polar surface area (TPSA) is 79.1 Å². The number of phenolic OH excluding ortho intramolecular Hbond substituents is 2. The van der Waals surface area contributed by atoms with Crippen molar-refractivity contribution < 1.29 is 19.7 Å². The van der Waals surface area contributed by atoms with Crippen LogP contribution in [-0.2, 0) is 9.53 Å². The maximum Gasteiger partial charge on any atom is 0.334 e. The second kappa shape index (κ2) is 5.13. The summed E-state index contributed by atoms with van der Waals surface area (Å²) in [6.45, 7) is 3.77. The second-order valence-corrected chi connectivity index (χ2v) is 5.37. The van der Waals surface area contributed by atoms with E-state index in [1.165, 1.54) is 23.9 Å². The lowest BCUT2D eigenvalue weighted by Crippen LogP contribution is -2.35. The highest BCUT2D eigenvalue weighted by molar-refractivity contribution is 8.14. The number of aromatic hydroxyl groups is 2. The maximum atomic E-state index is 11.8. The molecule has 2 rings (SSSR count). The van der Waals surface area contributed by atoms with Gasteiger partial charge in [0.25, 0.3) is 0 Å². The van der Waals surface area contributed by atoms with Crippen molar-refractivity contribution in [1.82, 2.24) is 0 Å². The van der Waals surface area contributed by atoms with Gasteiger partial charge in [-0.05, 0) is 26.0 Å². The van der Waals surface area contributed by atoms with E-state index in [0.29, 0.717) is 23.0 Å². The minimum atomic E-state index is -0.916. The summed E-state index contributed by atoms with van der Waals surface area (Å²) in [5.74, 6) is 0.0368. The highest BCUT2D eigenvalue weighted by Gasteiger charge is 2.40. The highest BCUT2D eigenvalue weighted by atomic mass is 32.2. The number of benzene rings is 1. The number of esters is 1.